The summed E-state index contributed by atoms with van der Waals surface area (Å²) in [7, 11) is 0. The Morgan fingerprint density at radius 1 is 1.24 bits per heavy atom. The number of nitrogens with one attached hydrogen (secondary N) is 2. The van der Waals surface area contributed by atoms with E-state index in [1.165, 1.54) is 6.33 Å². The highest BCUT2D eigenvalue weighted by Gasteiger charge is 2.19. The highest BCUT2D eigenvalue weighted by Crippen LogP contribution is 2.23. The number of hydrogen-bond acceptors (Lipinski definition) is 5. The summed E-state index contributed by atoms with van der Waals surface area (Å²) in [5.41, 5.74) is 0.665. The summed E-state index contributed by atoms with van der Waals surface area (Å²) in [5, 5.41) is 15.7. The Balaban J connectivity index is 3.02. The maximum atomic E-state index is 9.27. The zero-order valence-corrected chi connectivity index (χ0v) is 11.0. The van der Waals surface area contributed by atoms with Crippen LogP contribution >= 0.6 is 0 Å². The van der Waals surface area contributed by atoms with Crippen LogP contribution in [0.3, 0.4) is 0 Å². The molecule has 0 aliphatic carbocycles. The predicted octanol–water partition coefficient (Wildman–Crippen LogP) is 1.65. The fourth-order valence-electron chi connectivity index (χ4n) is 1.53. The van der Waals surface area contributed by atoms with E-state index in [0.717, 1.165) is 30.2 Å². The van der Waals surface area contributed by atoms with E-state index in [1.54, 1.807) is 0 Å². The summed E-state index contributed by atoms with van der Waals surface area (Å²) in [6.07, 6.45) is 2.37. The molecule has 3 N–H and O–H groups in total. The van der Waals surface area contributed by atoms with Gasteiger partial charge in [0.25, 0.3) is 0 Å². The lowest BCUT2D eigenvalue weighted by Gasteiger charge is -2.26. The first-order valence-electron chi connectivity index (χ1n) is 6.00. The number of aromatic nitrogens is 2. The number of rotatable bonds is 6. The molecule has 0 unspecified atom stereocenters. The SMILES string of the molecule is CCNc1ncnc(NC(C)(C)CO)c1CC. The monoisotopic (exact) mass is 238 g/mol. The standard InChI is InChI=1S/C12H22N4O/c1-5-9-10(13-6-2)14-8-15-11(9)16-12(3,4)7-17/h8,17H,5-7H2,1-4H3,(H2,13,14,15,16). The molecule has 1 heterocycles. The average molecular weight is 238 g/mol. The molecule has 0 aliphatic rings. The molecule has 0 saturated carbocycles. The molecule has 17 heavy (non-hydrogen) atoms. The van der Waals surface area contributed by atoms with Gasteiger partial charge in [0.2, 0.25) is 0 Å². The summed E-state index contributed by atoms with van der Waals surface area (Å²) in [4.78, 5) is 8.48. The summed E-state index contributed by atoms with van der Waals surface area (Å²) in [6, 6.07) is 0. The Kier molecular flexibility index (Phi) is 4.69. The van der Waals surface area contributed by atoms with Crippen molar-refractivity contribution in [2.45, 2.75) is 39.7 Å². The van der Waals surface area contributed by atoms with Crippen molar-refractivity contribution in [3.63, 3.8) is 0 Å². The van der Waals surface area contributed by atoms with E-state index < -0.39 is 0 Å². The Bertz CT molecular complexity index is 366. The van der Waals surface area contributed by atoms with Crippen LogP contribution < -0.4 is 10.6 Å². The highest BCUT2D eigenvalue weighted by atomic mass is 16.3. The molecule has 0 amide bonds. The van der Waals surface area contributed by atoms with E-state index in [9.17, 15) is 5.11 Å². The van der Waals surface area contributed by atoms with Crippen LogP contribution in [0.4, 0.5) is 11.6 Å². The summed E-state index contributed by atoms with van der Waals surface area (Å²) in [5.74, 6) is 1.65. The molecule has 0 bridgehead atoms. The first-order valence-corrected chi connectivity index (χ1v) is 6.00. The fourth-order valence-corrected chi connectivity index (χ4v) is 1.53. The van der Waals surface area contributed by atoms with Gasteiger partial charge in [-0.1, -0.05) is 6.92 Å². The summed E-state index contributed by atoms with van der Waals surface area (Å²) >= 11 is 0. The molecule has 1 aromatic heterocycles. The molecule has 0 atom stereocenters. The number of anilines is 2. The topological polar surface area (TPSA) is 70.1 Å². The first-order chi connectivity index (χ1) is 8.04. The molecular formula is C12H22N4O. The van der Waals surface area contributed by atoms with Gasteiger partial charge in [-0.25, -0.2) is 9.97 Å². The number of hydrogen-bond donors (Lipinski definition) is 3. The van der Waals surface area contributed by atoms with Crippen molar-refractivity contribution < 1.29 is 5.11 Å². The van der Waals surface area contributed by atoms with Crippen LogP contribution in [0.1, 0.15) is 33.3 Å². The largest absolute Gasteiger partial charge is 0.394 e. The fraction of sp³-hybridized carbons (Fsp3) is 0.667. The normalized spacial score (nSPS) is 11.4. The molecule has 0 aliphatic heterocycles. The molecule has 0 aromatic carbocycles. The van der Waals surface area contributed by atoms with Crippen LogP contribution in [0, 0.1) is 0 Å². The second kappa shape index (κ2) is 5.82. The Morgan fingerprint density at radius 3 is 2.41 bits per heavy atom. The van der Waals surface area contributed by atoms with E-state index in [-0.39, 0.29) is 12.1 Å². The predicted molar refractivity (Wildman–Crippen MR) is 70.4 cm³/mol. The van der Waals surface area contributed by atoms with Crippen LogP contribution in [0.15, 0.2) is 6.33 Å². The molecule has 0 radical (unpaired) electrons. The quantitative estimate of drug-likeness (QED) is 0.703. The van der Waals surface area contributed by atoms with E-state index >= 15 is 0 Å². The van der Waals surface area contributed by atoms with Crippen molar-refractivity contribution in [1.82, 2.24) is 9.97 Å². The molecular weight excluding hydrogens is 216 g/mol. The Labute approximate surface area is 103 Å². The zero-order chi connectivity index (χ0) is 12.9. The first kappa shape index (κ1) is 13.7. The van der Waals surface area contributed by atoms with Crippen LogP contribution in [0.5, 0.6) is 0 Å². The zero-order valence-electron chi connectivity index (χ0n) is 11.0. The third-order valence-electron chi connectivity index (χ3n) is 2.50. The Hall–Kier alpha value is -1.36. The second-order valence-electron chi connectivity index (χ2n) is 4.60. The van der Waals surface area contributed by atoms with Crippen molar-refractivity contribution >= 4 is 11.6 Å². The second-order valence-corrected chi connectivity index (χ2v) is 4.60. The van der Waals surface area contributed by atoms with Crippen molar-refractivity contribution in [3.05, 3.63) is 11.9 Å². The third-order valence-corrected chi connectivity index (χ3v) is 2.50. The minimum Gasteiger partial charge on any atom is -0.394 e. The van der Waals surface area contributed by atoms with Gasteiger partial charge in [-0.3, -0.25) is 0 Å². The van der Waals surface area contributed by atoms with Gasteiger partial charge in [0.05, 0.1) is 12.1 Å². The number of nitrogens with zero attached hydrogens (tertiary/aromatic N) is 2. The highest BCUT2D eigenvalue weighted by molar-refractivity contribution is 5.58. The van der Waals surface area contributed by atoms with Gasteiger partial charge in [-0.15, -0.1) is 0 Å². The average Bonchev–Trinajstić information content (AvgIpc) is 2.29. The van der Waals surface area contributed by atoms with Crippen molar-refractivity contribution in [1.29, 1.82) is 0 Å². The molecule has 0 saturated heterocycles. The van der Waals surface area contributed by atoms with Crippen LogP contribution in [-0.4, -0.2) is 33.8 Å². The minimum absolute atomic E-state index is 0.0523. The van der Waals surface area contributed by atoms with Gasteiger partial charge < -0.3 is 15.7 Å². The van der Waals surface area contributed by atoms with Crippen LogP contribution in [0.2, 0.25) is 0 Å². The molecule has 1 rings (SSSR count). The van der Waals surface area contributed by atoms with Crippen molar-refractivity contribution in [2.24, 2.45) is 0 Å². The lowest BCUT2D eigenvalue weighted by atomic mass is 10.1. The van der Waals surface area contributed by atoms with Crippen LogP contribution in [-0.2, 0) is 6.42 Å². The van der Waals surface area contributed by atoms with E-state index in [1.807, 2.05) is 20.8 Å². The molecule has 5 heteroatoms. The molecule has 96 valence electrons. The lowest BCUT2D eigenvalue weighted by molar-refractivity contribution is 0.234. The van der Waals surface area contributed by atoms with E-state index in [4.69, 9.17) is 0 Å². The van der Waals surface area contributed by atoms with Gasteiger partial charge >= 0.3 is 0 Å². The lowest BCUT2D eigenvalue weighted by Crippen LogP contribution is -2.35. The summed E-state index contributed by atoms with van der Waals surface area (Å²) < 4.78 is 0. The molecule has 5 nitrogen and oxygen atoms in total. The van der Waals surface area contributed by atoms with E-state index in [2.05, 4.69) is 27.5 Å². The number of aliphatic hydroxyl groups excluding tert-OH is 1. The minimum atomic E-state index is -0.387. The van der Waals surface area contributed by atoms with Crippen LogP contribution in [0.25, 0.3) is 0 Å². The molecule has 0 fully saturated rings. The summed E-state index contributed by atoms with van der Waals surface area (Å²) in [6.45, 7) is 8.84. The molecule has 1 aromatic rings. The van der Waals surface area contributed by atoms with Crippen molar-refractivity contribution in [2.75, 3.05) is 23.8 Å². The maximum Gasteiger partial charge on any atom is 0.135 e. The maximum absolute atomic E-state index is 9.27. The van der Waals surface area contributed by atoms with Gasteiger partial charge in [-0.05, 0) is 27.2 Å². The van der Waals surface area contributed by atoms with Gasteiger partial charge in [-0.2, -0.15) is 0 Å². The van der Waals surface area contributed by atoms with Gasteiger partial charge in [0.15, 0.2) is 0 Å². The van der Waals surface area contributed by atoms with Gasteiger partial charge in [0.1, 0.15) is 18.0 Å². The number of aliphatic hydroxyl groups is 1. The third kappa shape index (κ3) is 3.56. The van der Waals surface area contributed by atoms with Gasteiger partial charge in [0, 0.05) is 12.1 Å². The van der Waals surface area contributed by atoms with E-state index in [0.29, 0.717) is 0 Å². The smallest absolute Gasteiger partial charge is 0.135 e. The molecule has 0 spiro atoms. The Morgan fingerprint density at radius 2 is 1.88 bits per heavy atom. The van der Waals surface area contributed by atoms with Crippen molar-refractivity contribution in [3.8, 4) is 0 Å².